The third kappa shape index (κ3) is 8.30. The SMILES string of the molecule is COc1cccc([C@@H](C)NC(=O)c2cccc(C(=O)N[C@@H](Cc3ccccc3)[C@H](O)CNC(C)c3ccco3)c2)c1. The molecule has 0 spiro atoms. The lowest BCUT2D eigenvalue weighted by Crippen LogP contribution is -2.49. The predicted molar refractivity (Wildman–Crippen MR) is 158 cm³/mol. The van der Waals surface area contributed by atoms with E-state index in [0.717, 1.165) is 16.9 Å². The summed E-state index contributed by atoms with van der Waals surface area (Å²) in [4.78, 5) is 26.4. The molecule has 4 atom stereocenters. The Hall–Kier alpha value is -4.40. The Labute approximate surface area is 240 Å². The molecule has 2 amide bonds. The Kier molecular flexibility index (Phi) is 10.3. The van der Waals surface area contributed by atoms with Crippen molar-refractivity contribution in [1.29, 1.82) is 0 Å². The van der Waals surface area contributed by atoms with E-state index < -0.39 is 12.1 Å². The number of hydrogen-bond donors (Lipinski definition) is 4. The van der Waals surface area contributed by atoms with Gasteiger partial charge in [-0.2, -0.15) is 0 Å². The van der Waals surface area contributed by atoms with Crippen LogP contribution < -0.4 is 20.7 Å². The number of methoxy groups -OCH3 is 1. The Bertz CT molecular complexity index is 1410. The standard InChI is InChI=1S/C33H37N3O5/c1-22(25-12-8-15-28(20-25)40-3)35-32(38)26-13-7-14-27(19-26)33(39)36-29(18-24-10-5-4-6-11-24)30(37)21-34-23(2)31-16-9-17-41-31/h4-17,19-20,22-23,29-30,34,37H,18,21H2,1-3H3,(H,35,38)(H,36,39)/t22-,23?,29+,30-/m1/s1. The topological polar surface area (TPSA) is 113 Å². The Morgan fingerprint density at radius 2 is 1.54 bits per heavy atom. The summed E-state index contributed by atoms with van der Waals surface area (Å²) in [5.41, 5.74) is 2.57. The minimum Gasteiger partial charge on any atom is -0.497 e. The maximum absolute atomic E-state index is 13.4. The number of aliphatic hydroxyl groups is 1. The molecule has 0 saturated carbocycles. The average Bonchev–Trinajstić information content (AvgIpc) is 3.55. The highest BCUT2D eigenvalue weighted by Crippen LogP contribution is 2.20. The zero-order chi connectivity index (χ0) is 29.2. The molecule has 0 saturated heterocycles. The molecule has 214 valence electrons. The molecule has 0 fully saturated rings. The molecule has 0 radical (unpaired) electrons. The molecular weight excluding hydrogens is 518 g/mol. The van der Waals surface area contributed by atoms with Crippen molar-refractivity contribution in [3.63, 3.8) is 0 Å². The molecule has 1 unspecified atom stereocenters. The normalized spacial score (nSPS) is 14.0. The first-order valence-corrected chi connectivity index (χ1v) is 13.7. The molecule has 3 aromatic carbocycles. The van der Waals surface area contributed by atoms with Gasteiger partial charge in [-0.3, -0.25) is 9.59 Å². The van der Waals surface area contributed by atoms with Crippen molar-refractivity contribution in [3.8, 4) is 5.75 Å². The first-order valence-electron chi connectivity index (χ1n) is 13.7. The van der Waals surface area contributed by atoms with Gasteiger partial charge in [0.2, 0.25) is 0 Å². The van der Waals surface area contributed by atoms with Gasteiger partial charge in [-0.05, 0) is 73.9 Å². The zero-order valence-electron chi connectivity index (χ0n) is 23.5. The van der Waals surface area contributed by atoms with Gasteiger partial charge in [-0.15, -0.1) is 0 Å². The summed E-state index contributed by atoms with van der Waals surface area (Å²) in [6.07, 6.45) is 1.16. The number of carbonyl (C=O) groups is 2. The second-order valence-corrected chi connectivity index (χ2v) is 10.0. The summed E-state index contributed by atoms with van der Waals surface area (Å²) in [6, 6.07) is 26.5. The number of rotatable bonds is 13. The van der Waals surface area contributed by atoms with E-state index in [2.05, 4.69) is 16.0 Å². The fourth-order valence-corrected chi connectivity index (χ4v) is 4.56. The molecule has 1 heterocycles. The van der Waals surface area contributed by atoms with Gasteiger partial charge in [0, 0.05) is 17.7 Å². The molecule has 1 aromatic heterocycles. The van der Waals surface area contributed by atoms with Crippen LogP contribution in [0.1, 0.15) is 63.5 Å². The van der Waals surface area contributed by atoms with Crippen LogP contribution in [0.4, 0.5) is 0 Å². The van der Waals surface area contributed by atoms with Gasteiger partial charge in [0.15, 0.2) is 0 Å². The summed E-state index contributed by atoms with van der Waals surface area (Å²) < 4.78 is 10.7. The van der Waals surface area contributed by atoms with Gasteiger partial charge < -0.3 is 30.2 Å². The van der Waals surface area contributed by atoms with Crippen LogP contribution in [-0.2, 0) is 6.42 Å². The smallest absolute Gasteiger partial charge is 0.251 e. The van der Waals surface area contributed by atoms with E-state index in [0.29, 0.717) is 23.3 Å². The van der Waals surface area contributed by atoms with Crippen LogP contribution in [0.3, 0.4) is 0 Å². The van der Waals surface area contributed by atoms with E-state index in [-0.39, 0.29) is 30.4 Å². The van der Waals surface area contributed by atoms with Gasteiger partial charge in [0.1, 0.15) is 11.5 Å². The van der Waals surface area contributed by atoms with E-state index in [1.54, 1.807) is 37.6 Å². The molecule has 41 heavy (non-hydrogen) atoms. The second-order valence-electron chi connectivity index (χ2n) is 10.0. The van der Waals surface area contributed by atoms with Crippen LogP contribution in [0.2, 0.25) is 0 Å². The third-order valence-corrected chi connectivity index (χ3v) is 7.01. The lowest BCUT2D eigenvalue weighted by Gasteiger charge is -2.26. The summed E-state index contributed by atoms with van der Waals surface area (Å²) >= 11 is 0. The fourth-order valence-electron chi connectivity index (χ4n) is 4.56. The summed E-state index contributed by atoms with van der Waals surface area (Å²) in [7, 11) is 1.60. The van der Waals surface area contributed by atoms with Crippen molar-refractivity contribution < 1.29 is 23.8 Å². The van der Waals surface area contributed by atoms with E-state index >= 15 is 0 Å². The Morgan fingerprint density at radius 3 is 2.22 bits per heavy atom. The molecule has 4 N–H and O–H groups in total. The van der Waals surface area contributed by atoms with Crippen molar-refractivity contribution in [2.45, 2.75) is 44.5 Å². The maximum atomic E-state index is 13.4. The van der Waals surface area contributed by atoms with Crippen LogP contribution in [0.5, 0.6) is 5.75 Å². The van der Waals surface area contributed by atoms with Crippen molar-refractivity contribution in [2.24, 2.45) is 0 Å². The number of hydrogen-bond acceptors (Lipinski definition) is 6. The van der Waals surface area contributed by atoms with Crippen LogP contribution in [-0.4, -0.2) is 42.7 Å². The molecule has 0 bridgehead atoms. The fraction of sp³-hybridized carbons (Fsp3) is 0.273. The largest absolute Gasteiger partial charge is 0.497 e. The highest BCUT2D eigenvalue weighted by atomic mass is 16.5. The maximum Gasteiger partial charge on any atom is 0.251 e. The van der Waals surface area contributed by atoms with E-state index in [9.17, 15) is 14.7 Å². The van der Waals surface area contributed by atoms with E-state index in [1.165, 1.54) is 0 Å². The summed E-state index contributed by atoms with van der Waals surface area (Å²) in [5.74, 6) is 0.795. The minimum absolute atomic E-state index is 0.109. The van der Waals surface area contributed by atoms with Crippen molar-refractivity contribution in [3.05, 3.63) is 125 Å². The first-order chi connectivity index (χ1) is 19.8. The average molecular weight is 556 g/mol. The monoisotopic (exact) mass is 555 g/mol. The summed E-state index contributed by atoms with van der Waals surface area (Å²) in [6.45, 7) is 4.08. The highest BCUT2D eigenvalue weighted by Gasteiger charge is 2.24. The van der Waals surface area contributed by atoms with Gasteiger partial charge in [-0.1, -0.05) is 48.5 Å². The van der Waals surface area contributed by atoms with Crippen LogP contribution >= 0.6 is 0 Å². The second kappa shape index (κ2) is 14.3. The number of furan rings is 1. The lowest BCUT2D eigenvalue weighted by molar-refractivity contribution is 0.0824. The number of nitrogens with one attached hydrogen (secondary N) is 3. The van der Waals surface area contributed by atoms with Gasteiger partial charge in [0.05, 0.1) is 37.6 Å². The van der Waals surface area contributed by atoms with E-state index in [1.807, 2.05) is 80.6 Å². The summed E-state index contributed by atoms with van der Waals surface area (Å²) in [5, 5.41) is 20.4. The van der Waals surface area contributed by atoms with Crippen molar-refractivity contribution in [1.82, 2.24) is 16.0 Å². The molecule has 0 aliphatic rings. The molecule has 0 aliphatic carbocycles. The van der Waals surface area contributed by atoms with Crippen molar-refractivity contribution in [2.75, 3.05) is 13.7 Å². The predicted octanol–water partition coefficient (Wildman–Crippen LogP) is 4.83. The molecular formula is C33H37N3O5. The van der Waals surface area contributed by atoms with Crippen LogP contribution in [0.15, 0.2) is 102 Å². The molecule has 4 aromatic rings. The molecule has 8 nitrogen and oxygen atoms in total. The lowest BCUT2D eigenvalue weighted by atomic mass is 10.00. The quantitative estimate of drug-likeness (QED) is 0.188. The van der Waals surface area contributed by atoms with E-state index in [4.69, 9.17) is 9.15 Å². The van der Waals surface area contributed by atoms with Crippen molar-refractivity contribution >= 4 is 11.8 Å². The van der Waals surface area contributed by atoms with Gasteiger partial charge >= 0.3 is 0 Å². The zero-order valence-corrected chi connectivity index (χ0v) is 23.5. The van der Waals surface area contributed by atoms with Crippen LogP contribution in [0.25, 0.3) is 0 Å². The Morgan fingerprint density at radius 1 is 0.829 bits per heavy atom. The first kappa shape index (κ1) is 29.6. The highest BCUT2D eigenvalue weighted by molar-refractivity contribution is 5.99. The number of benzene rings is 3. The molecule has 4 rings (SSSR count). The van der Waals surface area contributed by atoms with Gasteiger partial charge in [-0.25, -0.2) is 0 Å². The minimum atomic E-state index is -0.883. The molecule has 8 heteroatoms. The number of ether oxygens (including phenoxy) is 1. The van der Waals surface area contributed by atoms with Gasteiger partial charge in [0.25, 0.3) is 11.8 Å². The number of aliphatic hydroxyl groups excluding tert-OH is 1. The number of amides is 2. The third-order valence-electron chi connectivity index (χ3n) is 7.01. The molecule has 0 aliphatic heterocycles. The number of carbonyl (C=O) groups excluding carboxylic acids is 2. The van der Waals surface area contributed by atoms with Crippen LogP contribution in [0, 0.1) is 0 Å². The Balaban J connectivity index is 1.44.